The molecule has 30 heavy (non-hydrogen) atoms. The monoisotopic (exact) mass is 411 g/mol. The Morgan fingerprint density at radius 1 is 1.13 bits per heavy atom. The molecular weight excluding hydrogens is 386 g/mol. The molecule has 1 aromatic heterocycles. The first-order valence-corrected chi connectivity index (χ1v) is 10.5. The average molecular weight is 411 g/mol. The fourth-order valence-electron chi connectivity index (χ4n) is 4.19. The van der Waals surface area contributed by atoms with Gasteiger partial charge in [0.1, 0.15) is 0 Å². The van der Waals surface area contributed by atoms with Crippen LogP contribution < -0.4 is 0 Å². The van der Waals surface area contributed by atoms with E-state index in [0.29, 0.717) is 5.82 Å². The Hall–Kier alpha value is -3.03. The molecule has 2 aromatic rings. The first-order chi connectivity index (χ1) is 14.6. The number of hydrogen-bond acceptors (Lipinski definition) is 7. The maximum absolute atomic E-state index is 12.4. The molecule has 1 saturated heterocycles. The average Bonchev–Trinajstić information content (AvgIpc) is 3.35. The predicted octanol–water partition coefficient (Wildman–Crippen LogP) is 2.91. The van der Waals surface area contributed by atoms with E-state index in [1.807, 2.05) is 24.3 Å². The Morgan fingerprint density at radius 2 is 1.80 bits per heavy atom. The second-order valence-corrected chi connectivity index (χ2v) is 7.80. The van der Waals surface area contributed by atoms with Crippen LogP contribution in [0.3, 0.4) is 0 Å². The van der Waals surface area contributed by atoms with Crippen molar-refractivity contribution in [1.29, 1.82) is 0 Å². The van der Waals surface area contributed by atoms with Gasteiger partial charge in [-0.1, -0.05) is 49.2 Å². The van der Waals surface area contributed by atoms with Gasteiger partial charge in [0.2, 0.25) is 17.6 Å². The molecule has 8 nitrogen and oxygen atoms in total. The number of benzene rings is 1. The first kappa shape index (κ1) is 20.3. The Morgan fingerprint density at radius 3 is 2.43 bits per heavy atom. The second kappa shape index (κ2) is 8.77. The summed E-state index contributed by atoms with van der Waals surface area (Å²) in [6, 6.07) is 7.84. The van der Waals surface area contributed by atoms with E-state index in [-0.39, 0.29) is 49.1 Å². The van der Waals surface area contributed by atoms with Crippen LogP contribution in [0, 0.1) is 11.8 Å². The Labute approximate surface area is 174 Å². The zero-order valence-electron chi connectivity index (χ0n) is 17.0. The summed E-state index contributed by atoms with van der Waals surface area (Å²) in [4.78, 5) is 42.4. The number of amides is 2. The number of imide groups is 1. The molecule has 2 atom stereocenters. The minimum atomic E-state index is -0.516. The molecule has 1 aliphatic heterocycles. The third kappa shape index (κ3) is 4.13. The predicted molar refractivity (Wildman–Crippen MR) is 106 cm³/mol. The van der Waals surface area contributed by atoms with Crippen LogP contribution in [0.15, 0.2) is 28.8 Å². The molecule has 1 aliphatic carbocycles. The fourth-order valence-corrected chi connectivity index (χ4v) is 4.19. The molecule has 2 aliphatic rings. The second-order valence-electron chi connectivity index (χ2n) is 7.80. The number of nitrogens with zero attached hydrogens (tertiary/aromatic N) is 3. The molecule has 2 heterocycles. The SMILES string of the molecule is CCc1ccc(-c2noc(COC(=O)CCN3C(=O)[C@H]4CCCC[C@@H]4C3=O)n2)cc1. The summed E-state index contributed by atoms with van der Waals surface area (Å²) in [5.41, 5.74) is 2.03. The van der Waals surface area contributed by atoms with Crippen LogP contribution >= 0.6 is 0 Å². The summed E-state index contributed by atoms with van der Waals surface area (Å²) in [7, 11) is 0. The molecule has 8 heteroatoms. The van der Waals surface area contributed by atoms with E-state index in [1.54, 1.807) is 0 Å². The van der Waals surface area contributed by atoms with Crippen LogP contribution in [0.25, 0.3) is 11.4 Å². The van der Waals surface area contributed by atoms with E-state index in [1.165, 1.54) is 10.5 Å². The Bertz CT molecular complexity index is 913. The van der Waals surface area contributed by atoms with E-state index in [9.17, 15) is 14.4 Å². The fraction of sp³-hybridized carbons (Fsp3) is 0.500. The number of rotatable bonds is 7. The van der Waals surface area contributed by atoms with Gasteiger partial charge in [-0.05, 0) is 24.8 Å². The molecule has 0 bridgehead atoms. The van der Waals surface area contributed by atoms with Crippen LogP contribution in [0.2, 0.25) is 0 Å². The number of hydrogen-bond donors (Lipinski definition) is 0. The number of esters is 1. The van der Waals surface area contributed by atoms with Crippen LogP contribution in [0.1, 0.15) is 50.5 Å². The standard InChI is InChI=1S/C22H25N3O5/c1-2-14-7-9-15(10-8-14)20-23-18(30-24-20)13-29-19(26)11-12-25-21(27)16-5-3-4-6-17(16)22(25)28/h7-10,16-17H,2-6,11-13H2,1H3/t16-,17-/m0/s1. The van der Waals surface area contributed by atoms with Gasteiger partial charge in [-0.15, -0.1) is 0 Å². The highest BCUT2D eigenvalue weighted by molar-refractivity contribution is 6.05. The van der Waals surface area contributed by atoms with Gasteiger partial charge in [-0.25, -0.2) is 0 Å². The molecular formula is C22H25N3O5. The number of ether oxygens (including phenoxy) is 1. The molecule has 0 N–H and O–H groups in total. The quantitative estimate of drug-likeness (QED) is 0.510. The summed E-state index contributed by atoms with van der Waals surface area (Å²) >= 11 is 0. The molecule has 2 fully saturated rings. The highest BCUT2D eigenvalue weighted by Crippen LogP contribution is 2.38. The summed E-state index contributed by atoms with van der Waals surface area (Å²) in [6.45, 7) is 1.99. The lowest BCUT2D eigenvalue weighted by atomic mass is 9.81. The Kier molecular flexibility index (Phi) is 5.92. The van der Waals surface area contributed by atoms with Gasteiger partial charge in [0.15, 0.2) is 6.61 Å². The largest absolute Gasteiger partial charge is 0.456 e. The number of fused-ring (bicyclic) bond motifs is 1. The van der Waals surface area contributed by atoms with Crippen molar-refractivity contribution >= 4 is 17.8 Å². The number of carbonyl (C=O) groups is 3. The normalized spacial score (nSPS) is 21.0. The lowest BCUT2D eigenvalue weighted by molar-refractivity contribution is -0.147. The van der Waals surface area contributed by atoms with Crippen molar-refractivity contribution < 1.29 is 23.6 Å². The van der Waals surface area contributed by atoms with Gasteiger partial charge in [0.05, 0.1) is 18.3 Å². The summed E-state index contributed by atoms with van der Waals surface area (Å²) in [5, 5.41) is 3.92. The van der Waals surface area contributed by atoms with Gasteiger partial charge in [-0.2, -0.15) is 4.98 Å². The van der Waals surface area contributed by atoms with Crippen LogP contribution in [-0.2, 0) is 32.1 Å². The van der Waals surface area contributed by atoms with Crippen molar-refractivity contribution in [3.05, 3.63) is 35.7 Å². The zero-order chi connectivity index (χ0) is 21.1. The number of aromatic nitrogens is 2. The Balaban J connectivity index is 1.27. The van der Waals surface area contributed by atoms with Gasteiger partial charge in [0, 0.05) is 12.1 Å². The molecule has 0 spiro atoms. The zero-order valence-corrected chi connectivity index (χ0v) is 17.0. The van der Waals surface area contributed by atoms with Crippen molar-refractivity contribution in [2.45, 2.75) is 52.1 Å². The van der Waals surface area contributed by atoms with Crippen molar-refractivity contribution in [3.63, 3.8) is 0 Å². The lowest BCUT2D eigenvalue weighted by Gasteiger charge is -2.19. The van der Waals surface area contributed by atoms with Crippen molar-refractivity contribution in [2.24, 2.45) is 11.8 Å². The van der Waals surface area contributed by atoms with Gasteiger partial charge in [-0.3, -0.25) is 19.3 Å². The highest BCUT2D eigenvalue weighted by Gasteiger charge is 2.47. The van der Waals surface area contributed by atoms with Gasteiger partial charge in [0.25, 0.3) is 5.89 Å². The van der Waals surface area contributed by atoms with Gasteiger partial charge < -0.3 is 9.26 Å². The molecule has 158 valence electrons. The summed E-state index contributed by atoms with van der Waals surface area (Å²) in [5.74, 6) is -0.591. The van der Waals surface area contributed by atoms with Crippen molar-refractivity contribution in [3.8, 4) is 11.4 Å². The van der Waals surface area contributed by atoms with E-state index >= 15 is 0 Å². The van der Waals surface area contributed by atoms with Crippen LogP contribution in [0.4, 0.5) is 0 Å². The molecule has 1 saturated carbocycles. The maximum Gasteiger partial charge on any atom is 0.308 e. The summed E-state index contributed by atoms with van der Waals surface area (Å²) in [6.07, 6.45) is 4.38. The number of likely N-dealkylation sites (tertiary alicyclic amines) is 1. The van der Waals surface area contributed by atoms with Crippen LogP contribution in [-0.4, -0.2) is 39.4 Å². The van der Waals surface area contributed by atoms with E-state index in [4.69, 9.17) is 9.26 Å². The molecule has 4 rings (SSSR count). The molecule has 0 radical (unpaired) electrons. The summed E-state index contributed by atoms with van der Waals surface area (Å²) < 4.78 is 10.3. The van der Waals surface area contributed by atoms with Crippen molar-refractivity contribution in [1.82, 2.24) is 15.0 Å². The van der Waals surface area contributed by atoms with E-state index in [2.05, 4.69) is 17.1 Å². The minimum absolute atomic E-state index is 0.0452. The first-order valence-electron chi connectivity index (χ1n) is 10.5. The van der Waals surface area contributed by atoms with Crippen molar-refractivity contribution in [2.75, 3.05) is 6.54 Å². The smallest absolute Gasteiger partial charge is 0.308 e. The van der Waals surface area contributed by atoms with E-state index < -0.39 is 5.97 Å². The molecule has 2 amide bonds. The lowest BCUT2D eigenvalue weighted by Crippen LogP contribution is -2.33. The molecule has 1 aromatic carbocycles. The number of aryl methyl sites for hydroxylation is 1. The third-order valence-electron chi connectivity index (χ3n) is 5.92. The van der Waals surface area contributed by atoms with E-state index in [0.717, 1.165) is 37.7 Å². The molecule has 0 unspecified atom stereocenters. The minimum Gasteiger partial charge on any atom is -0.456 e. The number of carbonyl (C=O) groups excluding carboxylic acids is 3. The topological polar surface area (TPSA) is 103 Å². The maximum atomic E-state index is 12.4. The third-order valence-corrected chi connectivity index (χ3v) is 5.92. The highest BCUT2D eigenvalue weighted by atomic mass is 16.6. The van der Waals surface area contributed by atoms with Gasteiger partial charge >= 0.3 is 5.97 Å². The van der Waals surface area contributed by atoms with Crippen LogP contribution in [0.5, 0.6) is 0 Å².